The Morgan fingerprint density at radius 2 is 1.13 bits per heavy atom. The highest BCUT2D eigenvalue weighted by molar-refractivity contribution is 7.90. The molecule has 0 heterocycles. The van der Waals surface area contributed by atoms with E-state index in [0.29, 0.717) is 0 Å². The first kappa shape index (κ1) is 49.9. The molecule has 2 aliphatic rings. The molecular weight excluding hydrogens is 849 g/mol. The van der Waals surface area contributed by atoms with E-state index in [4.69, 9.17) is 19.9 Å². The van der Waals surface area contributed by atoms with E-state index in [1.165, 1.54) is 48.6 Å². The molecule has 21 heteroatoms. The van der Waals surface area contributed by atoms with Gasteiger partial charge in [-0.1, -0.05) is 56.1 Å². The number of ether oxygens (including phenoxy) is 3. The van der Waals surface area contributed by atoms with E-state index in [9.17, 15) is 40.8 Å². The van der Waals surface area contributed by atoms with Crippen molar-refractivity contribution < 1.29 is 55.0 Å². The summed E-state index contributed by atoms with van der Waals surface area (Å²) in [6.45, 7) is 23.9. The normalized spacial score (nSPS) is 20.8. The summed E-state index contributed by atoms with van der Waals surface area (Å²) < 4.78 is 70.6. The van der Waals surface area contributed by atoms with Crippen LogP contribution in [0.3, 0.4) is 0 Å². The highest BCUT2D eigenvalue weighted by Crippen LogP contribution is 2.46. The van der Waals surface area contributed by atoms with E-state index < -0.39 is 92.3 Å². The lowest BCUT2D eigenvalue weighted by atomic mass is 10.2. The number of para-hydroxylation sites is 2. The third-order valence-electron chi connectivity index (χ3n) is 9.02. The predicted molar refractivity (Wildman–Crippen MR) is 232 cm³/mol. The summed E-state index contributed by atoms with van der Waals surface area (Å²) in [5.41, 5.74) is 1.16. The minimum Gasteiger partial charge on any atom is -0.450 e. The minimum absolute atomic E-state index is 0.0121. The van der Waals surface area contributed by atoms with Gasteiger partial charge in [-0.3, -0.25) is 14.9 Å². The smallest absolute Gasteiger partial charge is 0.411 e. The quantitative estimate of drug-likeness (QED) is 0.0602. The molecule has 7 N–H and O–H groups in total. The summed E-state index contributed by atoms with van der Waals surface area (Å²) in [6.07, 6.45) is 0.887. The summed E-state index contributed by atoms with van der Waals surface area (Å²) >= 11 is 0. The molecule has 0 saturated heterocycles. The fourth-order valence-electron chi connectivity index (χ4n) is 5.70. The SMILES string of the molecule is C=C[C@@H]1C[C@]1(NC(=O)OC(C)(C)C)C(=O)NS(=O)(=O)c1ccccc1N.C=C[C@@H]1C[C@]1(NC(=O)OC(C)(C)C)C(=O)NS(=O)(=O)c1ccccc1NC(=O)OCC[Si](C)(C)C. The van der Waals surface area contributed by atoms with Crippen LogP contribution in [-0.4, -0.2) is 83.9 Å². The number of hydrogen-bond donors (Lipinski definition) is 6. The Morgan fingerprint density at radius 1 is 0.721 bits per heavy atom. The Morgan fingerprint density at radius 3 is 1.52 bits per heavy atom. The number of benzene rings is 2. The van der Waals surface area contributed by atoms with Crippen LogP contribution in [0.5, 0.6) is 0 Å². The van der Waals surface area contributed by atoms with Gasteiger partial charge in [0.1, 0.15) is 32.1 Å². The van der Waals surface area contributed by atoms with Gasteiger partial charge < -0.3 is 30.6 Å². The zero-order valence-corrected chi connectivity index (χ0v) is 38.6. The van der Waals surface area contributed by atoms with Gasteiger partial charge in [-0.15, -0.1) is 13.2 Å². The topological polar surface area (TPSA) is 267 Å². The summed E-state index contributed by atoms with van der Waals surface area (Å²) in [4.78, 5) is 61.7. The van der Waals surface area contributed by atoms with E-state index in [-0.39, 0.29) is 40.6 Å². The van der Waals surface area contributed by atoms with Crippen LogP contribution in [0.1, 0.15) is 54.4 Å². The lowest BCUT2D eigenvalue weighted by Gasteiger charge is -2.23. The summed E-state index contributed by atoms with van der Waals surface area (Å²) in [7, 11) is -10.0. The zero-order valence-electron chi connectivity index (χ0n) is 36.0. The fraction of sp³-hybridized carbons (Fsp3) is 0.475. The number of carbonyl (C=O) groups excluding carboxylic acids is 5. The number of anilines is 2. The molecule has 0 bridgehead atoms. The monoisotopic (exact) mass is 906 g/mol. The molecule has 4 atom stereocenters. The molecule has 2 aliphatic carbocycles. The lowest BCUT2D eigenvalue weighted by Crippen LogP contribution is -2.52. The largest absolute Gasteiger partial charge is 0.450 e. The summed E-state index contributed by atoms with van der Waals surface area (Å²) in [5, 5.41) is 7.39. The number of nitrogens with two attached hydrogens (primary N) is 1. The zero-order chi connectivity index (χ0) is 46.4. The fourth-order valence-corrected chi connectivity index (χ4v) is 8.79. The van der Waals surface area contributed by atoms with Gasteiger partial charge in [0.2, 0.25) is 0 Å². The second-order valence-corrected chi connectivity index (χ2v) is 26.7. The average Bonchev–Trinajstić information content (AvgIpc) is 4.00. The summed E-state index contributed by atoms with van der Waals surface area (Å²) in [6, 6.07) is 12.2. The standard InChI is InChI=1S/C23H35N3O7SSi.C17H23N3O5S/c1-8-16-15-23(16,25-21(29)33-22(2,3)4)19(27)26-34(30,31)18-12-10-9-11-17(18)24-20(28)32-13-14-35(5,6)7;1-5-11-10-17(11,19-15(22)25-16(2,3)4)14(21)20-26(23,24)13-9-7-6-8-12(13)18/h8-12,16H,1,13-15H2,2-7H3,(H,24,28)(H,25,29)(H,26,27);5-9,11H,1,10,18H2,2-4H3,(H,19,22)(H,20,21)/t16-,23-;11-,17-/m11/s1. The number of amides is 5. The number of rotatable bonds is 14. The number of alkyl carbamates (subject to hydrolysis) is 2. The molecule has 5 amide bonds. The highest BCUT2D eigenvalue weighted by Gasteiger charge is 2.62. The maximum absolute atomic E-state index is 13.1. The molecular formula is C40H58N6O12S2Si. The van der Waals surface area contributed by atoms with Crippen molar-refractivity contribution in [2.24, 2.45) is 11.8 Å². The van der Waals surface area contributed by atoms with Crippen LogP contribution in [0.15, 0.2) is 83.6 Å². The van der Waals surface area contributed by atoms with Gasteiger partial charge in [0.05, 0.1) is 18.0 Å². The van der Waals surface area contributed by atoms with Crippen molar-refractivity contribution in [2.45, 2.75) is 112 Å². The van der Waals surface area contributed by atoms with Crippen LogP contribution in [-0.2, 0) is 43.8 Å². The van der Waals surface area contributed by atoms with Crippen molar-refractivity contribution >= 4 is 69.6 Å². The molecule has 4 rings (SSSR count). The van der Waals surface area contributed by atoms with Gasteiger partial charge >= 0.3 is 18.3 Å². The molecule has 336 valence electrons. The number of sulfonamides is 2. The van der Waals surface area contributed by atoms with Crippen LogP contribution >= 0.6 is 0 Å². The number of hydrogen-bond acceptors (Lipinski definition) is 13. The van der Waals surface area contributed by atoms with Crippen molar-refractivity contribution in [3.63, 3.8) is 0 Å². The van der Waals surface area contributed by atoms with Crippen LogP contribution < -0.4 is 31.1 Å². The van der Waals surface area contributed by atoms with Gasteiger partial charge in [-0.05, 0) is 84.7 Å². The van der Waals surface area contributed by atoms with E-state index in [1.54, 1.807) is 53.7 Å². The predicted octanol–water partition coefficient (Wildman–Crippen LogP) is 5.39. The first-order valence-electron chi connectivity index (χ1n) is 19.2. The third kappa shape index (κ3) is 14.1. The number of nitrogen functional groups attached to an aromatic ring is 1. The summed E-state index contributed by atoms with van der Waals surface area (Å²) in [5.74, 6) is -2.67. The van der Waals surface area contributed by atoms with E-state index >= 15 is 0 Å². The van der Waals surface area contributed by atoms with Crippen molar-refractivity contribution in [3.8, 4) is 0 Å². The number of carbonyl (C=O) groups is 5. The Kier molecular flexibility index (Phi) is 15.3. The second kappa shape index (κ2) is 18.7. The number of nitrogens with one attached hydrogen (secondary N) is 5. The molecule has 0 radical (unpaired) electrons. The maximum atomic E-state index is 13.1. The minimum atomic E-state index is -4.41. The highest BCUT2D eigenvalue weighted by atomic mass is 32.2. The Bertz CT molecular complexity index is 2250. The van der Waals surface area contributed by atoms with Crippen LogP contribution in [0.25, 0.3) is 0 Å². The molecule has 0 aromatic heterocycles. The van der Waals surface area contributed by atoms with Crippen LogP contribution in [0.4, 0.5) is 25.8 Å². The third-order valence-corrected chi connectivity index (χ3v) is 13.5. The van der Waals surface area contributed by atoms with Crippen LogP contribution in [0.2, 0.25) is 25.7 Å². The Labute approximate surface area is 358 Å². The molecule has 2 aromatic carbocycles. The molecule has 0 unspecified atom stereocenters. The van der Waals surface area contributed by atoms with Gasteiger partial charge in [-0.25, -0.2) is 40.7 Å². The molecule has 0 aliphatic heterocycles. The molecule has 2 saturated carbocycles. The second-order valence-electron chi connectivity index (χ2n) is 17.8. The van der Waals surface area contributed by atoms with Crippen molar-refractivity contribution in [2.75, 3.05) is 17.7 Å². The van der Waals surface area contributed by atoms with E-state index in [0.717, 1.165) is 6.04 Å². The molecule has 2 fully saturated rings. The van der Waals surface area contributed by atoms with Gasteiger partial charge in [0.15, 0.2) is 0 Å². The lowest BCUT2D eigenvalue weighted by molar-refractivity contribution is -0.123. The average molecular weight is 907 g/mol. The van der Waals surface area contributed by atoms with E-state index in [2.05, 4.69) is 48.7 Å². The molecule has 61 heavy (non-hydrogen) atoms. The van der Waals surface area contributed by atoms with Crippen molar-refractivity contribution in [3.05, 3.63) is 73.8 Å². The first-order chi connectivity index (χ1) is 27.9. The Balaban J connectivity index is 0.000000340. The maximum Gasteiger partial charge on any atom is 0.411 e. The van der Waals surface area contributed by atoms with Gasteiger partial charge in [0.25, 0.3) is 31.9 Å². The molecule has 0 spiro atoms. The molecule has 18 nitrogen and oxygen atoms in total. The van der Waals surface area contributed by atoms with Gasteiger partial charge in [-0.2, -0.15) is 0 Å². The van der Waals surface area contributed by atoms with Crippen molar-refractivity contribution in [1.82, 2.24) is 20.1 Å². The first-order valence-corrected chi connectivity index (χ1v) is 25.9. The van der Waals surface area contributed by atoms with Crippen LogP contribution in [0, 0.1) is 11.8 Å². The van der Waals surface area contributed by atoms with Gasteiger partial charge in [0, 0.05) is 19.9 Å². The van der Waals surface area contributed by atoms with E-state index in [1.807, 2.05) is 9.44 Å². The Hall–Kier alpha value is -5.41. The van der Waals surface area contributed by atoms with Crippen molar-refractivity contribution in [1.29, 1.82) is 0 Å². The molecule has 2 aromatic rings.